The van der Waals surface area contributed by atoms with Gasteiger partial charge in [-0.15, -0.1) is 0 Å². The molecular weight excluding hydrogens is 264 g/mol. The van der Waals surface area contributed by atoms with E-state index in [0.29, 0.717) is 25.8 Å². The molecular formula is C13H22N2O5. The van der Waals surface area contributed by atoms with Crippen LogP contribution in [0, 0.1) is 11.8 Å². The average Bonchev–Trinajstić information content (AvgIpc) is 2.45. The molecule has 1 rings (SSSR count). The number of carbonyl (C=O) groups is 3. The molecule has 3 N–H and O–H groups in total. The summed E-state index contributed by atoms with van der Waals surface area (Å²) >= 11 is 0. The highest BCUT2D eigenvalue weighted by atomic mass is 16.5. The van der Waals surface area contributed by atoms with Crippen molar-refractivity contribution in [3.63, 3.8) is 0 Å². The molecule has 1 saturated carbocycles. The minimum Gasteiger partial charge on any atom is -0.481 e. The Hall–Kier alpha value is -1.63. The summed E-state index contributed by atoms with van der Waals surface area (Å²) in [5.41, 5.74) is 1.50. The highest BCUT2D eigenvalue weighted by molar-refractivity contribution is 5.88. The lowest BCUT2D eigenvalue weighted by Crippen LogP contribution is -2.46. The van der Waals surface area contributed by atoms with Crippen molar-refractivity contribution in [2.45, 2.75) is 39.0 Å². The molecule has 0 aromatic carbocycles. The van der Waals surface area contributed by atoms with E-state index >= 15 is 0 Å². The summed E-state index contributed by atoms with van der Waals surface area (Å²) in [5, 5.41) is 17.8. The van der Waals surface area contributed by atoms with Gasteiger partial charge in [0.15, 0.2) is 0 Å². The number of rotatable bonds is 6. The summed E-state index contributed by atoms with van der Waals surface area (Å²) < 4.78 is 0. The van der Waals surface area contributed by atoms with Crippen LogP contribution in [0.1, 0.15) is 39.0 Å². The van der Waals surface area contributed by atoms with Gasteiger partial charge >= 0.3 is 5.97 Å². The number of aliphatic carboxylic acids is 1. The highest BCUT2D eigenvalue weighted by Crippen LogP contribution is 2.31. The monoisotopic (exact) mass is 286 g/mol. The Morgan fingerprint density at radius 3 is 2.30 bits per heavy atom. The average molecular weight is 286 g/mol. The molecule has 2 amide bonds. The fourth-order valence-electron chi connectivity index (χ4n) is 2.70. The number of carboxylic acid groups (broad SMARTS) is 1. The Balaban J connectivity index is 2.80. The van der Waals surface area contributed by atoms with Gasteiger partial charge in [-0.3, -0.25) is 19.6 Å². The van der Waals surface area contributed by atoms with Crippen molar-refractivity contribution in [3.05, 3.63) is 0 Å². The Bertz CT molecular complexity index is 372. The minimum absolute atomic E-state index is 0.244. The normalized spacial score (nSPS) is 22.1. The zero-order valence-corrected chi connectivity index (χ0v) is 11.7. The molecule has 0 aromatic heterocycles. The van der Waals surface area contributed by atoms with Crippen LogP contribution in [0.5, 0.6) is 0 Å². The zero-order chi connectivity index (χ0) is 15.1. The number of hydroxylamine groups is 1. The molecule has 0 saturated heterocycles. The third-order valence-corrected chi connectivity index (χ3v) is 3.66. The SMILES string of the molecule is CCCN(CC(=O)NO)C(=O)[C@H]1CCCC[C@@H]1C(=O)O. The number of hydrogen-bond donors (Lipinski definition) is 3. The molecule has 0 spiro atoms. The van der Waals surface area contributed by atoms with Gasteiger partial charge < -0.3 is 10.0 Å². The Morgan fingerprint density at radius 2 is 1.80 bits per heavy atom. The number of nitrogens with one attached hydrogen (secondary N) is 1. The molecule has 0 aliphatic heterocycles. The van der Waals surface area contributed by atoms with E-state index in [-0.39, 0.29) is 12.5 Å². The van der Waals surface area contributed by atoms with Crippen LogP contribution in [0.3, 0.4) is 0 Å². The fourth-order valence-corrected chi connectivity index (χ4v) is 2.70. The van der Waals surface area contributed by atoms with E-state index in [4.69, 9.17) is 5.21 Å². The molecule has 2 atom stereocenters. The summed E-state index contributed by atoms with van der Waals surface area (Å²) in [4.78, 5) is 36.3. The summed E-state index contributed by atoms with van der Waals surface area (Å²) in [6.07, 6.45) is 3.33. The maximum absolute atomic E-state index is 12.5. The number of nitrogens with zero attached hydrogens (tertiary/aromatic N) is 1. The third-order valence-electron chi connectivity index (χ3n) is 3.66. The molecule has 0 aromatic rings. The summed E-state index contributed by atoms with van der Waals surface area (Å²) in [7, 11) is 0. The van der Waals surface area contributed by atoms with Crippen LogP contribution in [0.15, 0.2) is 0 Å². The van der Waals surface area contributed by atoms with Crippen molar-refractivity contribution in [2.75, 3.05) is 13.1 Å². The molecule has 7 heteroatoms. The second-order valence-corrected chi connectivity index (χ2v) is 5.13. The van der Waals surface area contributed by atoms with Gasteiger partial charge in [-0.25, -0.2) is 5.48 Å². The molecule has 20 heavy (non-hydrogen) atoms. The van der Waals surface area contributed by atoms with E-state index in [1.54, 1.807) is 0 Å². The van der Waals surface area contributed by atoms with E-state index in [9.17, 15) is 19.5 Å². The third kappa shape index (κ3) is 4.19. The lowest BCUT2D eigenvalue weighted by atomic mass is 9.78. The molecule has 114 valence electrons. The first-order chi connectivity index (χ1) is 9.51. The molecule has 0 radical (unpaired) electrons. The maximum atomic E-state index is 12.5. The Kier molecular flexibility index (Phi) is 6.44. The Morgan fingerprint density at radius 1 is 1.20 bits per heavy atom. The largest absolute Gasteiger partial charge is 0.481 e. The molecule has 0 bridgehead atoms. The van der Waals surface area contributed by atoms with E-state index in [1.807, 2.05) is 6.92 Å². The first-order valence-electron chi connectivity index (χ1n) is 6.95. The number of amides is 2. The Labute approximate surface area is 117 Å². The number of carboxylic acids is 1. The van der Waals surface area contributed by atoms with Crippen LogP contribution in [-0.4, -0.2) is 46.1 Å². The molecule has 1 aliphatic rings. The van der Waals surface area contributed by atoms with Crippen molar-refractivity contribution >= 4 is 17.8 Å². The standard InChI is InChI=1S/C13H22N2O5/c1-2-7-15(8-11(16)14-20)12(17)9-5-3-4-6-10(9)13(18)19/h9-10,20H,2-8H2,1H3,(H,14,16)(H,18,19)/t9-,10-/m0/s1. The van der Waals surface area contributed by atoms with E-state index < -0.39 is 23.7 Å². The van der Waals surface area contributed by atoms with Gasteiger partial charge in [-0.05, 0) is 19.3 Å². The van der Waals surface area contributed by atoms with E-state index in [0.717, 1.165) is 12.8 Å². The van der Waals surface area contributed by atoms with Crippen LogP contribution in [0.25, 0.3) is 0 Å². The van der Waals surface area contributed by atoms with Crippen molar-refractivity contribution in [2.24, 2.45) is 11.8 Å². The predicted octanol–water partition coefficient (Wildman–Crippen LogP) is 0.621. The van der Waals surface area contributed by atoms with Crippen LogP contribution in [0.4, 0.5) is 0 Å². The second kappa shape index (κ2) is 7.84. The lowest BCUT2D eigenvalue weighted by molar-refractivity contribution is -0.153. The molecule has 0 unspecified atom stereocenters. The van der Waals surface area contributed by atoms with Crippen LogP contribution < -0.4 is 5.48 Å². The molecule has 0 heterocycles. The van der Waals surface area contributed by atoms with E-state index in [1.165, 1.54) is 10.4 Å². The molecule has 7 nitrogen and oxygen atoms in total. The first-order valence-corrected chi connectivity index (χ1v) is 6.95. The highest BCUT2D eigenvalue weighted by Gasteiger charge is 2.38. The van der Waals surface area contributed by atoms with Crippen molar-refractivity contribution in [1.82, 2.24) is 10.4 Å². The van der Waals surface area contributed by atoms with Crippen LogP contribution in [0.2, 0.25) is 0 Å². The van der Waals surface area contributed by atoms with Gasteiger partial charge in [0.1, 0.15) is 6.54 Å². The van der Waals surface area contributed by atoms with Crippen molar-refractivity contribution in [1.29, 1.82) is 0 Å². The summed E-state index contributed by atoms with van der Waals surface area (Å²) in [6.45, 7) is 1.99. The number of carbonyl (C=O) groups excluding carboxylic acids is 2. The lowest BCUT2D eigenvalue weighted by Gasteiger charge is -2.32. The van der Waals surface area contributed by atoms with Gasteiger partial charge in [0.25, 0.3) is 5.91 Å². The zero-order valence-electron chi connectivity index (χ0n) is 11.7. The first kappa shape index (κ1) is 16.4. The van der Waals surface area contributed by atoms with Crippen molar-refractivity contribution in [3.8, 4) is 0 Å². The number of hydrogen-bond acceptors (Lipinski definition) is 4. The van der Waals surface area contributed by atoms with Gasteiger partial charge in [0.2, 0.25) is 5.91 Å². The smallest absolute Gasteiger partial charge is 0.307 e. The quantitative estimate of drug-likeness (QED) is 0.490. The maximum Gasteiger partial charge on any atom is 0.307 e. The second-order valence-electron chi connectivity index (χ2n) is 5.13. The molecule has 1 aliphatic carbocycles. The van der Waals surface area contributed by atoms with Gasteiger partial charge in [0, 0.05) is 6.54 Å². The van der Waals surface area contributed by atoms with Crippen molar-refractivity contribution < 1.29 is 24.7 Å². The van der Waals surface area contributed by atoms with Crippen LogP contribution in [-0.2, 0) is 14.4 Å². The van der Waals surface area contributed by atoms with Gasteiger partial charge in [0.05, 0.1) is 11.8 Å². The minimum atomic E-state index is -0.953. The van der Waals surface area contributed by atoms with Gasteiger partial charge in [-0.1, -0.05) is 19.8 Å². The van der Waals surface area contributed by atoms with Gasteiger partial charge in [-0.2, -0.15) is 0 Å². The topological polar surface area (TPSA) is 107 Å². The predicted molar refractivity (Wildman–Crippen MR) is 69.9 cm³/mol. The summed E-state index contributed by atoms with van der Waals surface area (Å²) in [6, 6.07) is 0. The van der Waals surface area contributed by atoms with E-state index in [2.05, 4.69) is 0 Å². The summed E-state index contributed by atoms with van der Waals surface area (Å²) in [5.74, 6) is -3.17. The molecule has 1 fully saturated rings. The fraction of sp³-hybridized carbons (Fsp3) is 0.769. The van der Waals surface area contributed by atoms with Crippen LogP contribution >= 0.6 is 0 Å².